The Hall–Kier alpha value is -1.21. The first-order chi connectivity index (χ1) is 20.9. The quantitative estimate of drug-likeness (QED) is 0.0492. The van der Waals surface area contributed by atoms with Gasteiger partial charge in [0.25, 0.3) is 0 Å². The molecule has 0 saturated carbocycles. The van der Waals surface area contributed by atoms with Crippen LogP contribution in [-0.2, 0) is 14.3 Å². The maximum atomic E-state index is 11.6. The van der Waals surface area contributed by atoms with E-state index in [0.29, 0.717) is 19.3 Å². The van der Waals surface area contributed by atoms with Crippen LogP contribution in [0.4, 0.5) is 0 Å². The summed E-state index contributed by atoms with van der Waals surface area (Å²) in [6, 6.07) is 0. The van der Waals surface area contributed by atoms with E-state index < -0.39 is 18.3 Å². The first kappa shape index (κ1) is 38.0. The molecule has 43 heavy (non-hydrogen) atoms. The fourth-order valence-electron chi connectivity index (χ4n) is 6.44. The minimum absolute atomic E-state index is 0.0528. The fourth-order valence-corrected chi connectivity index (χ4v) is 6.44. The molecule has 0 aromatic rings. The average Bonchev–Trinajstić information content (AvgIpc) is 3.60. The van der Waals surface area contributed by atoms with Crippen LogP contribution in [-0.4, -0.2) is 57.9 Å². The number of cyclic esters (lactones) is 1. The maximum absolute atomic E-state index is 11.6. The maximum Gasteiger partial charge on any atom is 0.334 e. The highest BCUT2D eigenvalue weighted by molar-refractivity contribution is 5.90. The van der Waals surface area contributed by atoms with Crippen LogP contribution < -0.4 is 0 Å². The molecule has 6 nitrogen and oxygen atoms in total. The number of rotatable bonds is 27. The number of carbonyl (C=O) groups excluding carboxylic acids is 1. The summed E-state index contributed by atoms with van der Waals surface area (Å²) >= 11 is 0. The number of aliphatic hydroxyl groups is 3. The number of unbranched alkanes of at least 4 members (excludes halogenated alkanes) is 13. The molecule has 0 radical (unpaired) electrons. The predicted molar refractivity (Wildman–Crippen MR) is 176 cm³/mol. The molecule has 2 heterocycles. The van der Waals surface area contributed by atoms with Crippen molar-refractivity contribution in [1.82, 2.24) is 0 Å². The van der Waals surface area contributed by atoms with Crippen LogP contribution in [0, 0.1) is 0 Å². The Labute approximate surface area is 263 Å². The highest BCUT2D eigenvalue weighted by atomic mass is 16.5. The molecule has 0 bridgehead atoms. The molecule has 2 unspecified atom stereocenters. The van der Waals surface area contributed by atoms with Crippen molar-refractivity contribution in [2.45, 2.75) is 205 Å². The first-order valence-electron chi connectivity index (χ1n) is 18.2. The zero-order valence-electron chi connectivity index (χ0n) is 27.7. The van der Waals surface area contributed by atoms with E-state index in [2.05, 4.69) is 19.1 Å². The van der Waals surface area contributed by atoms with Crippen molar-refractivity contribution in [3.8, 4) is 0 Å². The van der Waals surface area contributed by atoms with Gasteiger partial charge < -0.3 is 24.8 Å². The summed E-state index contributed by atoms with van der Waals surface area (Å²) in [4.78, 5) is 11.6. The standard InChI is InChI=1S/C37H66O6/c1-3-4-5-6-7-8-9-10-14-19-24-33(38)34(39)25-20-15-16-21-26-35(40)36-28-27-32(43-36)23-18-13-11-12-17-22-31-29-30(2)42-37(31)41/h15-16,29-30,32-36,38-40H,3-14,17-28H2,1-2H3/b16-15-/t30?,32?,33-,34-,35+,36+/m0/s1. The summed E-state index contributed by atoms with van der Waals surface area (Å²) in [7, 11) is 0. The van der Waals surface area contributed by atoms with Gasteiger partial charge in [-0.05, 0) is 77.2 Å². The van der Waals surface area contributed by atoms with Crippen molar-refractivity contribution in [3.63, 3.8) is 0 Å². The van der Waals surface area contributed by atoms with E-state index in [9.17, 15) is 20.1 Å². The molecule has 0 aromatic heterocycles. The molecule has 6 atom stereocenters. The van der Waals surface area contributed by atoms with E-state index in [1.807, 2.05) is 13.0 Å². The van der Waals surface area contributed by atoms with Gasteiger partial charge in [0.05, 0.1) is 30.5 Å². The van der Waals surface area contributed by atoms with Gasteiger partial charge in [-0.1, -0.05) is 109 Å². The smallest absolute Gasteiger partial charge is 0.334 e. The van der Waals surface area contributed by atoms with Gasteiger partial charge in [0.1, 0.15) is 6.10 Å². The Balaban J connectivity index is 1.39. The molecule has 3 N–H and O–H groups in total. The molecule has 0 spiro atoms. The number of hydrogen-bond donors (Lipinski definition) is 3. The summed E-state index contributed by atoms with van der Waals surface area (Å²) in [6.07, 6.45) is 30.3. The summed E-state index contributed by atoms with van der Waals surface area (Å²) < 4.78 is 11.3. The molecule has 2 rings (SSSR count). The molecule has 2 aliphatic heterocycles. The van der Waals surface area contributed by atoms with Crippen molar-refractivity contribution < 1.29 is 29.6 Å². The van der Waals surface area contributed by atoms with Gasteiger partial charge in [-0.3, -0.25) is 0 Å². The molecule has 250 valence electrons. The van der Waals surface area contributed by atoms with E-state index in [1.54, 1.807) is 0 Å². The van der Waals surface area contributed by atoms with Crippen molar-refractivity contribution in [1.29, 1.82) is 0 Å². The molecule has 0 amide bonds. The fraction of sp³-hybridized carbons (Fsp3) is 0.865. The lowest BCUT2D eigenvalue weighted by molar-refractivity contribution is -0.139. The average molecular weight is 607 g/mol. The summed E-state index contributed by atoms with van der Waals surface area (Å²) in [5.74, 6) is -0.139. The molecular weight excluding hydrogens is 540 g/mol. The lowest BCUT2D eigenvalue weighted by atomic mass is 10.0. The number of esters is 1. The van der Waals surface area contributed by atoms with Crippen molar-refractivity contribution in [2.24, 2.45) is 0 Å². The van der Waals surface area contributed by atoms with Gasteiger partial charge in [0.15, 0.2) is 0 Å². The molecule has 6 heteroatoms. The van der Waals surface area contributed by atoms with E-state index in [0.717, 1.165) is 76.2 Å². The Kier molecular flexibility index (Phi) is 21.3. The SMILES string of the molecule is CCCCCCCCCCCC[C@H](O)[C@@H](O)CC/C=C\CC[C@@H](O)[C@H]1CCC(CCCCCCCC2=CC(C)OC2=O)O1. The third-order valence-corrected chi connectivity index (χ3v) is 9.26. The van der Waals surface area contributed by atoms with Crippen molar-refractivity contribution in [2.75, 3.05) is 0 Å². The highest BCUT2D eigenvalue weighted by Gasteiger charge is 2.29. The van der Waals surface area contributed by atoms with Gasteiger partial charge in [-0.25, -0.2) is 4.79 Å². The van der Waals surface area contributed by atoms with Crippen LogP contribution in [0.3, 0.4) is 0 Å². The number of aliphatic hydroxyl groups excluding tert-OH is 3. The Morgan fingerprint density at radius 2 is 1.35 bits per heavy atom. The van der Waals surface area contributed by atoms with Gasteiger partial charge in [0, 0.05) is 5.57 Å². The number of allylic oxidation sites excluding steroid dienone is 2. The lowest BCUT2D eigenvalue weighted by Crippen LogP contribution is -2.26. The third kappa shape index (κ3) is 17.8. The second-order valence-corrected chi connectivity index (χ2v) is 13.3. The Morgan fingerprint density at radius 3 is 2.00 bits per heavy atom. The van der Waals surface area contributed by atoms with Gasteiger partial charge in [-0.2, -0.15) is 0 Å². The van der Waals surface area contributed by atoms with Crippen LogP contribution in [0.15, 0.2) is 23.8 Å². The highest BCUT2D eigenvalue weighted by Crippen LogP contribution is 2.28. The second kappa shape index (κ2) is 24.1. The Morgan fingerprint density at radius 1 is 0.767 bits per heavy atom. The minimum atomic E-state index is -0.656. The number of hydrogen-bond acceptors (Lipinski definition) is 6. The normalized spacial score (nSPS) is 22.7. The van der Waals surface area contributed by atoms with Gasteiger partial charge >= 0.3 is 5.97 Å². The van der Waals surface area contributed by atoms with Crippen molar-refractivity contribution >= 4 is 5.97 Å². The lowest BCUT2D eigenvalue weighted by Gasteiger charge is -2.19. The molecular formula is C37H66O6. The first-order valence-corrected chi connectivity index (χ1v) is 18.2. The molecule has 0 aliphatic carbocycles. The van der Waals surface area contributed by atoms with E-state index >= 15 is 0 Å². The van der Waals surface area contributed by atoms with Crippen LogP contribution in [0.1, 0.15) is 168 Å². The zero-order valence-corrected chi connectivity index (χ0v) is 27.7. The van der Waals surface area contributed by atoms with E-state index in [4.69, 9.17) is 9.47 Å². The largest absolute Gasteiger partial charge is 0.455 e. The van der Waals surface area contributed by atoms with E-state index in [-0.39, 0.29) is 24.3 Å². The third-order valence-electron chi connectivity index (χ3n) is 9.26. The predicted octanol–water partition coefficient (Wildman–Crippen LogP) is 8.65. The number of carbonyl (C=O) groups is 1. The van der Waals surface area contributed by atoms with Crippen LogP contribution in [0.2, 0.25) is 0 Å². The number of ether oxygens (including phenoxy) is 2. The van der Waals surface area contributed by atoms with Gasteiger partial charge in [-0.15, -0.1) is 0 Å². The minimum Gasteiger partial charge on any atom is -0.455 e. The second-order valence-electron chi connectivity index (χ2n) is 13.3. The topological polar surface area (TPSA) is 96.2 Å². The van der Waals surface area contributed by atoms with Crippen LogP contribution >= 0.6 is 0 Å². The molecule has 1 saturated heterocycles. The molecule has 2 aliphatic rings. The molecule has 0 aromatic carbocycles. The van der Waals surface area contributed by atoms with Gasteiger partial charge in [0.2, 0.25) is 0 Å². The summed E-state index contributed by atoms with van der Waals surface area (Å²) in [5, 5.41) is 31.2. The summed E-state index contributed by atoms with van der Waals surface area (Å²) in [5.41, 5.74) is 0.843. The van der Waals surface area contributed by atoms with Crippen LogP contribution in [0.25, 0.3) is 0 Å². The zero-order chi connectivity index (χ0) is 31.1. The molecule has 1 fully saturated rings. The summed E-state index contributed by atoms with van der Waals surface area (Å²) in [6.45, 7) is 4.16. The Bertz CT molecular complexity index is 764. The monoisotopic (exact) mass is 606 g/mol. The van der Waals surface area contributed by atoms with Crippen molar-refractivity contribution in [3.05, 3.63) is 23.8 Å². The van der Waals surface area contributed by atoms with Crippen LogP contribution in [0.5, 0.6) is 0 Å². The van der Waals surface area contributed by atoms with E-state index in [1.165, 1.54) is 64.2 Å².